The number of allylic oxidation sites excluding steroid dienone is 3. The molecular weight excluding hydrogens is 290 g/mol. The Morgan fingerprint density at radius 2 is 2.35 bits per heavy atom. The third-order valence-electron chi connectivity index (χ3n) is 3.98. The summed E-state index contributed by atoms with van der Waals surface area (Å²) >= 11 is 6.80. The van der Waals surface area contributed by atoms with Crippen molar-refractivity contribution < 1.29 is 9.53 Å². The maximum Gasteiger partial charge on any atom is 0.265 e. The molecule has 2 saturated heterocycles. The first-order chi connectivity index (χ1) is 9.74. The van der Waals surface area contributed by atoms with Crippen molar-refractivity contribution in [2.75, 3.05) is 13.2 Å². The number of rotatable bonds is 3. The van der Waals surface area contributed by atoms with Crippen LogP contribution in [0.25, 0.3) is 0 Å². The fraction of sp³-hybridized carbons (Fsp3) is 0.600. The molecule has 0 N–H and O–H groups in total. The maximum atomic E-state index is 12.5. The first kappa shape index (κ1) is 14.3. The average Bonchev–Trinajstić information content (AvgIpc) is 3.05. The van der Waals surface area contributed by atoms with E-state index in [2.05, 4.69) is 18.2 Å². The van der Waals surface area contributed by atoms with Gasteiger partial charge in [-0.3, -0.25) is 9.69 Å². The molecule has 20 heavy (non-hydrogen) atoms. The zero-order chi connectivity index (χ0) is 13.9. The van der Waals surface area contributed by atoms with Crippen LogP contribution in [0.3, 0.4) is 0 Å². The molecule has 0 bridgehead atoms. The molecule has 3 nitrogen and oxygen atoms in total. The molecule has 0 unspecified atom stereocenters. The van der Waals surface area contributed by atoms with Crippen LogP contribution in [0.4, 0.5) is 0 Å². The number of carbonyl (C=O) groups is 1. The zero-order valence-electron chi connectivity index (χ0n) is 11.4. The van der Waals surface area contributed by atoms with Gasteiger partial charge in [0.25, 0.3) is 5.91 Å². The van der Waals surface area contributed by atoms with E-state index in [4.69, 9.17) is 17.0 Å². The van der Waals surface area contributed by atoms with E-state index < -0.39 is 0 Å². The van der Waals surface area contributed by atoms with E-state index in [-0.39, 0.29) is 12.0 Å². The van der Waals surface area contributed by atoms with Crippen LogP contribution in [0.2, 0.25) is 0 Å². The molecular formula is C15H19NO2S2. The molecule has 0 aromatic rings. The van der Waals surface area contributed by atoms with Crippen molar-refractivity contribution in [3.05, 3.63) is 23.1 Å². The predicted molar refractivity (Wildman–Crippen MR) is 85.4 cm³/mol. The monoisotopic (exact) mass is 309 g/mol. The van der Waals surface area contributed by atoms with Gasteiger partial charge in [-0.05, 0) is 38.0 Å². The first-order valence-electron chi connectivity index (χ1n) is 7.26. The summed E-state index contributed by atoms with van der Waals surface area (Å²) in [5, 5.41) is 0. The summed E-state index contributed by atoms with van der Waals surface area (Å²) in [6.45, 7) is 1.43. The lowest BCUT2D eigenvalue weighted by Crippen LogP contribution is -2.35. The van der Waals surface area contributed by atoms with E-state index in [1.54, 1.807) is 4.90 Å². The molecule has 0 aromatic carbocycles. The van der Waals surface area contributed by atoms with Gasteiger partial charge in [-0.1, -0.05) is 42.2 Å². The highest BCUT2D eigenvalue weighted by Crippen LogP contribution is 2.34. The summed E-state index contributed by atoms with van der Waals surface area (Å²) in [6.07, 6.45) is 12.1. The summed E-state index contributed by atoms with van der Waals surface area (Å²) in [6, 6.07) is 0. The fourth-order valence-electron chi connectivity index (χ4n) is 2.85. The Morgan fingerprint density at radius 1 is 1.45 bits per heavy atom. The Labute approximate surface area is 129 Å². The van der Waals surface area contributed by atoms with Gasteiger partial charge in [0.2, 0.25) is 0 Å². The van der Waals surface area contributed by atoms with Crippen LogP contribution in [0, 0.1) is 5.92 Å². The van der Waals surface area contributed by atoms with E-state index in [9.17, 15) is 4.79 Å². The van der Waals surface area contributed by atoms with Crippen molar-refractivity contribution in [2.24, 2.45) is 5.92 Å². The molecule has 2 atom stereocenters. The second-order valence-electron chi connectivity index (χ2n) is 5.49. The summed E-state index contributed by atoms with van der Waals surface area (Å²) < 4.78 is 6.29. The van der Waals surface area contributed by atoms with E-state index in [1.165, 1.54) is 11.8 Å². The minimum absolute atomic E-state index is 0.0741. The second-order valence-corrected chi connectivity index (χ2v) is 7.17. The highest BCUT2D eigenvalue weighted by Gasteiger charge is 2.34. The van der Waals surface area contributed by atoms with Crippen molar-refractivity contribution in [1.82, 2.24) is 4.90 Å². The number of carbonyl (C=O) groups excluding carboxylic acids is 1. The predicted octanol–water partition coefficient (Wildman–Crippen LogP) is 3.27. The number of nitrogens with zero attached hydrogens (tertiary/aromatic N) is 1. The van der Waals surface area contributed by atoms with Crippen molar-refractivity contribution >= 4 is 34.2 Å². The van der Waals surface area contributed by atoms with Gasteiger partial charge >= 0.3 is 0 Å². The van der Waals surface area contributed by atoms with Crippen molar-refractivity contribution in [3.8, 4) is 0 Å². The molecule has 0 saturated carbocycles. The lowest BCUT2D eigenvalue weighted by molar-refractivity contribution is -0.123. The third kappa shape index (κ3) is 3.15. The molecule has 5 heteroatoms. The molecule has 3 aliphatic rings. The van der Waals surface area contributed by atoms with Gasteiger partial charge in [-0.2, -0.15) is 0 Å². The van der Waals surface area contributed by atoms with Crippen LogP contribution in [-0.2, 0) is 9.53 Å². The minimum Gasteiger partial charge on any atom is -0.376 e. The summed E-state index contributed by atoms with van der Waals surface area (Å²) in [7, 11) is 0. The molecule has 2 heterocycles. The van der Waals surface area contributed by atoms with Crippen LogP contribution in [0.1, 0.15) is 32.1 Å². The lowest BCUT2D eigenvalue weighted by Gasteiger charge is -2.18. The van der Waals surface area contributed by atoms with Gasteiger partial charge in [0.1, 0.15) is 4.32 Å². The number of ether oxygens (including phenoxy) is 1. The smallest absolute Gasteiger partial charge is 0.265 e. The topological polar surface area (TPSA) is 29.5 Å². The van der Waals surface area contributed by atoms with Crippen LogP contribution in [0.15, 0.2) is 23.1 Å². The van der Waals surface area contributed by atoms with E-state index in [0.717, 1.165) is 43.6 Å². The molecule has 0 spiro atoms. The van der Waals surface area contributed by atoms with Crippen LogP contribution < -0.4 is 0 Å². The number of thioether (sulfide) groups is 1. The van der Waals surface area contributed by atoms with Gasteiger partial charge < -0.3 is 4.74 Å². The number of hydrogen-bond acceptors (Lipinski definition) is 4. The Balaban J connectivity index is 1.66. The summed E-state index contributed by atoms with van der Waals surface area (Å²) in [5.74, 6) is 0.557. The lowest BCUT2D eigenvalue weighted by atomic mass is 9.94. The van der Waals surface area contributed by atoms with Crippen LogP contribution >= 0.6 is 24.0 Å². The van der Waals surface area contributed by atoms with Crippen LogP contribution in [0.5, 0.6) is 0 Å². The Hall–Kier alpha value is -0.650. The Bertz CT molecular complexity index is 466. The summed E-state index contributed by atoms with van der Waals surface area (Å²) in [4.78, 5) is 15.0. The molecule has 2 fully saturated rings. The molecule has 0 aromatic heterocycles. The largest absolute Gasteiger partial charge is 0.376 e. The number of thiocarbonyl (C=S) groups is 1. The van der Waals surface area contributed by atoms with Crippen molar-refractivity contribution in [3.63, 3.8) is 0 Å². The molecule has 1 amide bonds. The van der Waals surface area contributed by atoms with Gasteiger partial charge in [-0.25, -0.2) is 0 Å². The average molecular weight is 309 g/mol. The summed E-state index contributed by atoms with van der Waals surface area (Å²) in [5.41, 5.74) is 0. The van der Waals surface area contributed by atoms with Gasteiger partial charge in [0.05, 0.1) is 17.6 Å². The second kappa shape index (κ2) is 6.41. The Morgan fingerprint density at radius 3 is 3.05 bits per heavy atom. The van der Waals surface area contributed by atoms with Gasteiger partial charge in [-0.15, -0.1) is 0 Å². The molecule has 3 rings (SSSR count). The molecule has 2 aliphatic heterocycles. The highest BCUT2D eigenvalue weighted by molar-refractivity contribution is 8.26. The van der Waals surface area contributed by atoms with E-state index >= 15 is 0 Å². The fourth-order valence-corrected chi connectivity index (χ4v) is 4.19. The van der Waals surface area contributed by atoms with Gasteiger partial charge in [0.15, 0.2) is 0 Å². The molecule has 0 radical (unpaired) electrons. The maximum absolute atomic E-state index is 12.5. The highest BCUT2D eigenvalue weighted by atomic mass is 32.2. The van der Waals surface area contributed by atoms with Crippen LogP contribution in [-0.4, -0.2) is 34.4 Å². The molecule has 108 valence electrons. The SMILES string of the molecule is O=C1/C(=C\[C@@H]2CC=CCC2)SC(=S)N1C[C@@H]1CCCO1. The standard InChI is InChI=1S/C15H19NO2S2/c17-14-13(9-11-5-2-1-3-6-11)20-15(19)16(14)10-12-7-4-8-18-12/h1-2,9,11-12H,3-8,10H2/b13-9+/t11-,12+/m1/s1. The van der Waals surface area contributed by atoms with Crippen molar-refractivity contribution in [1.29, 1.82) is 0 Å². The third-order valence-corrected chi connectivity index (χ3v) is 5.38. The number of hydrogen-bond donors (Lipinski definition) is 0. The van der Waals surface area contributed by atoms with Gasteiger partial charge in [0, 0.05) is 6.61 Å². The minimum atomic E-state index is 0.0741. The van der Waals surface area contributed by atoms with E-state index in [0.29, 0.717) is 16.8 Å². The first-order valence-corrected chi connectivity index (χ1v) is 8.48. The zero-order valence-corrected chi connectivity index (χ0v) is 13.0. The van der Waals surface area contributed by atoms with E-state index in [1.807, 2.05) is 0 Å². The molecule has 1 aliphatic carbocycles. The Kier molecular flexibility index (Phi) is 4.58. The quantitative estimate of drug-likeness (QED) is 0.455. The van der Waals surface area contributed by atoms with Crippen molar-refractivity contribution in [2.45, 2.75) is 38.2 Å². The number of amides is 1. The normalized spacial score (nSPS) is 32.6.